The number of anilines is 1. The molecule has 1 aromatic rings. The van der Waals surface area contributed by atoms with Crippen molar-refractivity contribution in [1.29, 1.82) is 0 Å². The molecule has 1 amide bonds. The minimum absolute atomic E-state index is 0.0191. The van der Waals surface area contributed by atoms with Gasteiger partial charge in [-0.15, -0.1) is 0 Å². The van der Waals surface area contributed by atoms with Gasteiger partial charge in [0.05, 0.1) is 5.69 Å². The summed E-state index contributed by atoms with van der Waals surface area (Å²) in [5, 5.41) is 0. The summed E-state index contributed by atoms with van der Waals surface area (Å²) in [4.78, 5) is 16.9. The second-order valence-corrected chi connectivity index (χ2v) is 3.24. The Bertz CT molecular complexity index is 334. The first kappa shape index (κ1) is 8.25. The number of carbonyl (C=O) groups excluding carboxylic acids is 1. The molecule has 0 aliphatic carbocycles. The summed E-state index contributed by atoms with van der Waals surface area (Å²) in [5.74, 6) is -0.0191. The third kappa shape index (κ3) is 1.42. The maximum Gasteiger partial charge on any atom is 0.304 e. The van der Waals surface area contributed by atoms with Crippen LogP contribution in [0.1, 0.15) is 12.1 Å². The number of hydrogen-bond acceptors (Lipinski definition) is 4. The summed E-state index contributed by atoms with van der Waals surface area (Å²) in [6, 6.07) is 0.259. The Labute approximate surface area is 75.5 Å². The lowest BCUT2D eigenvalue weighted by Gasteiger charge is -2.09. The molecule has 70 valence electrons. The lowest BCUT2D eigenvalue weighted by Crippen LogP contribution is -2.28. The molecule has 1 aliphatic rings. The number of hydrogen-bond donors (Lipinski definition) is 1. The van der Waals surface area contributed by atoms with Crippen molar-refractivity contribution in [3.63, 3.8) is 0 Å². The highest BCUT2D eigenvalue weighted by Gasteiger charge is 2.30. The van der Waals surface area contributed by atoms with Crippen molar-refractivity contribution in [3.05, 3.63) is 12.0 Å². The Hall–Kier alpha value is -1.36. The molecule has 5 nitrogen and oxygen atoms in total. The van der Waals surface area contributed by atoms with Crippen molar-refractivity contribution >= 4 is 11.9 Å². The van der Waals surface area contributed by atoms with Crippen LogP contribution in [0.4, 0.5) is 6.01 Å². The van der Waals surface area contributed by atoms with Gasteiger partial charge < -0.3 is 10.2 Å². The largest absolute Gasteiger partial charge is 0.431 e. The number of nitrogens with zero attached hydrogens (tertiary/aromatic N) is 2. The highest BCUT2D eigenvalue weighted by atomic mass is 16.4. The van der Waals surface area contributed by atoms with Gasteiger partial charge in [-0.1, -0.05) is 0 Å². The van der Waals surface area contributed by atoms with E-state index in [0.717, 1.165) is 5.69 Å². The van der Waals surface area contributed by atoms with Crippen LogP contribution in [0.25, 0.3) is 0 Å². The molecule has 0 bridgehead atoms. The third-order valence-electron chi connectivity index (χ3n) is 1.99. The Morgan fingerprint density at radius 3 is 3.00 bits per heavy atom. The monoisotopic (exact) mass is 181 g/mol. The minimum atomic E-state index is -0.0975. The standard InChI is InChI=1S/C8H11N3O2/c1-5-4-13-8(10-5)11-3-6(9)2-7(11)12/h4,6H,2-3,9H2,1H3. The van der Waals surface area contributed by atoms with Gasteiger partial charge in [0, 0.05) is 19.0 Å². The van der Waals surface area contributed by atoms with E-state index in [1.54, 1.807) is 0 Å². The average Bonchev–Trinajstić information content (AvgIpc) is 2.58. The van der Waals surface area contributed by atoms with Crippen LogP contribution >= 0.6 is 0 Å². The van der Waals surface area contributed by atoms with E-state index in [9.17, 15) is 4.79 Å². The van der Waals surface area contributed by atoms with Crippen LogP contribution in [0.15, 0.2) is 10.7 Å². The summed E-state index contributed by atoms with van der Waals surface area (Å²) >= 11 is 0. The molecular weight excluding hydrogens is 170 g/mol. The summed E-state index contributed by atoms with van der Waals surface area (Å²) in [6.45, 7) is 2.31. The summed E-state index contributed by atoms with van der Waals surface area (Å²) in [6.07, 6.45) is 1.90. The smallest absolute Gasteiger partial charge is 0.304 e. The fraction of sp³-hybridized carbons (Fsp3) is 0.500. The zero-order valence-electron chi connectivity index (χ0n) is 7.36. The van der Waals surface area contributed by atoms with Gasteiger partial charge in [0.1, 0.15) is 6.26 Å². The maximum absolute atomic E-state index is 11.3. The first-order chi connectivity index (χ1) is 6.16. The van der Waals surface area contributed by atoms with Gasteiger partial charge in [-0.2, -0.15) is 4.98 Å². The molecule has 5 heteroatoms. The zero-order chi connectivity index (χ0) is 9.42. The third-order valence-corrected chi connectivity index (χ3v) is 1.99. The fourth-order valence-electron chi connectivity index (χ4n) is 1.39. The maximum atomic E-state index is 11.3. The van der Waals surface area contributed by atoms with E-state index in [1.807, 2.05) is 6.92 Å². The van der Waals surface area contributed by atoms with Crippen LogP contribution < -0.4 is 10.6 Å². The van der Waals surface area contributed by atoms with Crippen molar-refractivity contribution in [2.75, 3.05) is 11.4 Å². The van der Waals surface area contributed by atoms with E-state index < -0.39 is 0 Å². The van der Waals surface area contributed by atoms with Gasteiger partial charge in [-0.25, -0.2) is 0 Å². The molecule has 1 aromatic heterocycles. The Morgan fingerprint density at radius 1 is 1.77 bits per heavy atom. The lowest BCUT2D eigenvalue weighted by molar-refractivity contribution is -0.117. The first-order valence-electron chi connectivity index (χ1n) is 4.15. The molecule has 1 saturated heterocycles. The van der Waals surface area contributed by atoms with Gasteiger partial charge in [-0.05, 0) is 6.92 Å². The second kappa shape index (κ2) is 2.85. The van der Waals surface area contributed by atoms with Crippen LogP contribution in [0.3, 0.4) is 0 Å². The molecule has 1 aliphatic heterocycles. The molecule has 1 atom stereocenters. The first-order valence-corrected chi connectivity index (χ1v) is 4.15. The van der Waals surface area contributed by atoms with Gasteiger partial charge >= 0.3 is 6.01 Å². The molecule has 13 heavy (non-hydrogen) atoms. The highest BCUT2D eigenvalue weighted by Crippen LogP contribution is 2.19. The van der Waals surface area contributed by atoms with E-state index in [1.165, 1.54) is 11.2 Å². The predicted octanol–water partition coefficient (Wildman–Crippen LogP) is 0.0470. The van der Waals surface area contributed by atoms with Gasteiger partial charge in [0.2, 0.25) is 5.91 Å². The Morgan fingerprint density at radius 2 is 2.54 bits per heavy atom. The number of carbonyl (C=O) groups is 1. The number of aromatic nitrogens is 1. The van der Waals surface area contributed by atoms with Crippen LogP contribution in [-0.2, 0) is 4.79 Å². The van der Waals surface area contributed by atoms with E-state index in [0.29, 0.717) is 19.0 Å². The molecule has 2 heterocycles. The van der Waals surface area contributed by atoms with Crippen molar-refractivity contribution in [2.24, 2.45) is 5.73 Å². The van der Waals surface area contributed by atoms with E-state index in [4.69, 9.17) is 10.2 Å². The molecule has 2 rings (SSSR count). The van der Waals surface area contributed by atoms with Crippen LogP contribution in [0.5, 0.6) is 0 Å². The SMILES string of the molecule is Cc1coc(N2CC(N)CC2=O)n1. The summed E-state index contributed by atoms with van der Waals surface area (Å²) in [7, 11) is 0. The van der Waals surface area contributed by atoms with E-state index in [2.05, 4.69) is 4.98 Å². The number of nitrogens with two attached hydrogens (primary N) is 1. The number of amides is 1. The number of rotatable bonds is 1. The molecule has 0 saturated carbocycles. The molecule has 1 fully saturated rings. The normalized spacial score (nSPS) is 22.8. The highest BCUT2D eigenvalue weighted by molar-refractivity contribution is 5.94. The topological polar surface area (TPSA) is 72.4 Å². The van der Waals surface area contributed by atoms with Crippen molar-refractivity contribution in [1.82, 2.24) is 4.98 Å². The summed E-state index contributed by atoms with van der Waals surface area (Å²) in [5.41, 5.74) is 6.39. The minimum Gasteiger partial charge on any atom is -0.431 e. The molecular formula is C8H11N3O2. The molecule has 0 radical (unpaired) electrons. The van der Waals surface area contributed by atoms with E-state index in [-0.39, 0.29) is 11.9 Å². The molecule has 1 unspecified atom stereocenters. The van der Waals surface area contributed by atoms with Gasteiger partial charge in [0.25, 0.3) is 0 Å². The fourth-order valence-corrected chi connectivity index (χ4v) is 1.39. The second-order valence-electron chi connectivity index (χ2n) is 3.24. The van der Waals surface area contributed by atoms with Gasteiger partial charge in [-0.3, -0.25) is 9.69 Å². The average molecular weight is 181 g/mol. The van der Waals surface area contributed by atoms with Crippen molar-refractivity contribution in [3.8, 4) is 0 Å². The Balaban J connectivity index is 2.22. The van der Waals surface area contributed by atoms with Crippen LogP contribution in [0, 0.1) is 6.92 Å². The molecule has 0 aromatic carbocycles. The van der Waals surface area contributed by atoms with Crippen LogP contribution in [0.2, 0.25) is 0 Å². The quantitative estimate of drug-likeness (QED) is 0.664. The van der Waals surface area contributed by atoms with Crippen molar-refractivity contribution in [2.45, 2.75) is 19.4 Å². The van der Waals surface area contributed by atoms with E-state index >= 15 is 0 Å². The molecule has 2 N–H and O–H groups in total. The lowest BCUT2D eigenvalue weighted by atomic mass is 10.3. The predicted molar refractivity (Wildman–Crippen MR) is 46.2 cm³/mol. The van der Waals surface area contributed by atoms with Gasteiger partial charge in [0.15, 0.2) is 0 Å². The number of oxazole rings is 1. The van der Waals surface area contributed by atoms with Crippen LogP contribution in [-0.4, -0.2) is 23.5 Å². The summed E-state index contributed by atoms with van der Waals surface area (Å²) < 4.78 is 5.11. The zero-order valence-corrected chi connectivity index (χ0v) is 7.36. The number of aryl methyl sites for hydroxylation is 1. The van der Waals surface area contributed by atoms with Crippen molar-refractivity contribution < 1.29 is 9.21 Å². The molecule has 0 spiro atoms. The Kier molecular flexibility index (Phi) is 1.81.